The summed E-state index contributed by atoms with van der Waals surface area (Å²) in [5.41, 5.74) is -0.149. The summed E-state index contributed by atoms with van der Waals surface area (Å²) in [6.07, 6.45) is 1.56. The quantitative estimate of drug-likeness (QED) is 0.799. The number of methoxy groups -OCH3 is 1. The molecule has 3 rings (SSSR count). The van der Waals surface area contributed by atoms with Gasteiger partial charge in [-0.3, -0.25) is 4.79 Å². The van der Waals surface area contributed by atoms with Gasteiger partial charge in [-0.2, -0.15) is 0 Å². The first-order chi connectivity index (χ1) is 10.3. The number of fused-ring (bicyclic) bond motifs is 2. The number of carbonyl (C=O) groups is 1. The number of carbonyl (C=O) groups excluding carboxylic acids is 1. The molecule has 0 saturated carbocycles. The number of sulfone groups is 1. The first-order valence-electron chi connectivity index (χ1n) is 7.14. The summed E-state index contributed by atoms with van der Waals surface area (Å²) in [5.74, 6) is -3.05. The van der Waals surface area contributed by atoms with Gasteiger partial charge >= 0.3 is 0 Å². The zero-order chi connectivity index (χ0) is 16.1. The molecule has 2 bridgehead atoms. The van der Waals surface area contributed by atoms with E-state index in [1.165, 1.54) is 7.11 Å². The Hall–Kier alpha value is -1.50. The molecular formula is C15H16F2O4S. The van der Waals surface area contributed by atoms with Gasteiger partial charge in [-0.25, -0.2) is 17.2 Å². The van der Waals surface area contributed by atoms with E-state index in [2.05, 4.69) is 0 Å². The third kappa shape index (κ3) is 2.31. The summed E-state index contributed by atoms with van der Waals surface area (Å²) in [4.78, 5) is 12.6. The van der Waals surface area contributed by atoms with Crippen LogP contribution in [0.25, 0.3) is 0 Å². The highest BCUT2D eigenvalue weighted by Gasteiger charge is 2.48. The molecule has 22 heavy (non-hydrogen) atoms. The first kappa shape index (κ1) is 15.4. The van der Waals surface area contributed by atoms with Gasteiger partial charge in [0.05, 0.1) is 23.2 Å². The number of ether oxygens (including phenoxy) is 1. The lowest BCUT2D eigenvalue weighted by Gasteiger charge is -2.27. The largest absolute Gasteiger partial charge is 0.493 e. The van der Waals surface area contributed by atoms with Crippen molar-refractivity contribution in [1.29, 1.82) is 0 Å². The van der Waals surface area contributed by atoms with Crippen molar-refractivity contribution in [3.8, 4) is 5.75 Å². The van der Waals surface area contributed by atoms with Crippen molar-refractivity contribution in [2.75, 3.05) is 7.11 Å². The van der Waals surface area contributed by atoms with Crippen LogP contribution in [0, 0.1) is 17.6 Å². The first-order valence-corrected chi connectivity index (χ1v) is 8.75. The summed E-state index contributed by atoms with van der Waals surface area (Å²) < 4.78 is 56.1. The molecule has 0 N–H and O–H groups in total. The second kappa shape index (κ2) is 5.30. The van der Waals surface area contributed by atoms with Gasteiger partial charge in [-0.05, 0) is 31.7 Å². The number of benzene rings is 1. The van der Waals surface area contributed by atoms with Crippen LogP contribution < -0.4 is 4.74 Å². The van der Waals surface area contributed by atoms with Gasteiger partial charge in [-0.1, -0.05) is 0 Å². The molecular weight excluding hydrogens is 314 g/mol. The van der Waals surface area contributed by atoms with Crippen LogP contribution in [0.1, 0.15) is 36.0 Å². The van der Waals surface area contributed by atoms with E-state index >= 15 is 0 Å². The van der Waals surface area contributed by atoms with Gasteiger partial charge in [0.15, 0.2) is 27.2 Å². The van der Waals surface area contributed by atoms with E-state index in [1.807, 2.05) is 0 Å². The van der Waals surface area contributed by atoms with Crippen LogP contribution in [0.4, 0.5) is 8.78 Å². The second-order valence-electron chi connectivity index (χ2n) is 5.91. The predicted octanol–water partition coefficient (Wildman–Crippen LogP) is 2.51. The van der Waals surface area contributed by atoms with E-state index in [-0.39, 0.29) is 24.2 Å². The highest BCUT2D eigenvalue weighted by Crippen LogP contribution is 2.43. The van der Waals surface area contributed by atoms with Crippen LogP contribution in [-0.4, -0.2) is 31.8 Å². The Morgan fingerprint density at radius 1 is 1.18 bits per heavy atom. The lowest BCUT2D eigenvalue weighted by molar-refractivity contribution is 0.0901. The standard InChI is InChI=1S/C15H16F2O4S/c1-21-15-12(6-9(16)7-13(15)17)14(18)8-4-10-2-3-11(5-8)22(10,19)20/h6-8,10-11H,2-5H2,1H3. The molecule has 2 atom stereocenters. The highest BCUT2D eigenvalue weighted by atomic mass is 32.2. The molecule has 2 aliphatic heterocycles. The van der Waals surface area contributed by atoms with Gasteiger partial charge in [0, 0.05) is 12.0 Å². The van der Waals surface area contributed by atoms with Gasteiger partial charge in [0.1, 0.15) is 5.82 Å². The summed E-state index contributed by atoms with van der Waals surface area (Å²) >= 11 is 0. The molecule has 0 radical (unpaired) electrons. The normalized spacial score (nSPS) is 29.3. The Morgan fingerprint density at radius 2 is 1.77 bits per heavy atom. The van der Waals surface area contributed by atoms with Crippen LogP contribution in [0.15, 0.2) is 12.1 Å². The average Bonchev–Trinajstić information content (AvgIpc) is 2.66. The van der Waals surface area contributed by atoms with Crippen molar-refractivity contribution in [2.45, 2.75) is 36.2 Å². The Bertz CT molecular complexity index is 709. The SMILES string of the molecule is COc1c(F)cc(F)cc1C(=O)C1CC2CCC(C1)S2(=O)=O. The lowest BCUT2D eigenvalue weighted by atomic mass is 9.90. The molecule has 7 heteroatoms. The summed E-state index contributed by atoms with van der Waals surface area (Å²) in [6.45, 7) is 0. The van der Waals surface area contributed by atoms with Crippen LogP contribution in [0.5, 0.6) is 5.75 Å². The van der Waals surface area contributed by atoms with Crippen LogP contribution in [-0.2, 0) is 9.84 Å². The third-order valence-corrected chi connectivity index (χ3v) is 7.40. The third-order valence-electron chi connectivity index (χ3n) is 4.68. The van der Waals surface area contributed by atoms with Crippen molar-refractivity contribution in [3.05, 3.63) is 29.3 Å². The molecule has 4 nitrogen and oxygen atoms in total. The minimum Gasteiger partial charge on any atom is -0.493 e. The number of rotatable bonds is 3. The Labute approximate surface area is 127 Å². The molecule has 2 saturated heterocycles. The fourth-order valence-electron chi connectivity index (χ4n) is 3.59. The maximum atomic E-state index is 13.7. The van der Waals surface area contributed by atoms with Gasteiger partial charge in [0.25, 0.3) is 0 Å². The van der Waals surface area contributed by atoms with E-state index < -0.39 is 43.7 Å². The van der Waals surface area contributed by atoms with E-state index in [0.717, 1.165) is 6.07 Å². The van der Waals surface area contributed by atoms with Gasteiger partial charge in [-0.15, -0.1) is 0 Å². The highest BCUT2D eigenvalue weighted by molar-refractivity contribution is 7.93. The van der Waals surface area contributed by atoms with Crippen LogP contribution in [0.3, 0.4) is 0 Å². The molecule has 2 aliphatic rings. The van der Waals surface area contributed by atoms with Crippen molar-refractivity contribution in [2.24, 2.45) is 5.92 Å². The molecule has 0 spiro atoms. The van der Waals surface area contributed by atoms with E-state index in [0.29, 0.717) is 18.9 Å². The number of ketones is 1. The van der Waals surface area contributed by atoms with Crippen molar-refractivity contribution in [3.63, 3.8) is 0 Å². The molecule has 1 aromatic rings. The zero-order valence-corrected chi connectivity index (χ0v) is 12.8. The monoisotopic (exact) mass is 330 g/mol. The molecule has 1 aromatic carbocycles. The van der Waals surface area contributed by atoms with Gasteiger partial charge in [0.2, 0.25) is 0 Å². The lowest BCUT2D eigenvalue weighted by Crippen LogP contribution is -2.36. The molecule has 0 amide bonds. The Morgan fingerprint density at radius 3 is 2.32 bits per heavy atom. The maximum absolute atomic E-state index is 13.7. The van der Waals surface area contributed by atoms with E-state index in [1.54, 1.807) is 0 Å². The van der Waals surface area contributed by atoms with Crippen molar-refractivity contribution in [1.82, 2.24) is 0 Å². The van der Waals surface area contributed by atoms with Crippen molar-refractivity contribution < 1.29 is 26.7 Å². The zero-order valence-electron chi connectivity index (χ0n) is 12.0. The minimum absolute atomic E-state index is 0.149. The Kier molecular flexibility index (Phi) is 3.71. The smallest absolute Gasteiger partial charge is 0.169 e. The summed E-state index contributed by atoms with van der Waals surface area (Å²) in [6, 6.07) is 1.61. The molecule has 2 heterocycles. The van der Waals surface area contributed by atoms with Crippen molar-refractivity contribution >= 4 is 15.6 Å². The minimum atomic E-state index is -3.14. The molecule has 0 aliphatic carbocycles. The number of Topliss-reactive ketones (excluding diaryl/α,β-unsaturated/α-hetero) is 1. The molecule has 2 unspecified atom stereocenters. The van der Waals surface area contributed by atoms with Gasteiger partial charge < -0.3 is 4.74 Å². The summed E-state index contributed by atoms with van der Waals surface area (Å²) in [5, 5.41) is -1.02. The Balaban J connectivity index is 1.93. The molecule has 120 valence electrons. The second-order valence-corrected chi connectivity index (χ2v) is 8.42. The maximum Gasteiger partial charge on any atom is 0.169 e. The number of halogens is 2. The van der Waals surface area contributed by atoms with E-state index in [9.17, 15) is 22.0 Å². The average molecular weight is 330 g/mol. The fourth-order valence-corrected chi connectivity index (χ4v) is 6.07. The van der Waals surface area contributed by atoms with Crippen LogP contribution in [0.2, 0.25) is 0 Å². The fraction of sp³-hybridized carbons (Fsp3) is 0.533. The summed E-state index contributed by atoms with van der Waals surface area (Å²) in [7, 11) is -1.93. The number of hydrogen-bond acceptors (Lipinski definition) is 4. The van der Waals surface area contributed by atoms with Crippen LogP contribution >= 0.6 is 0 Å². The number of hydrogen-bond donors (Lipinski definition) is 0. The topological polar surface area (TPSA) is 60.4 Å². The van der Waals surface area contributed by atoms with E-state index in [4.69, 9.17) is 4.74 Å². The molecule has 2 fully saturated rings. The molecule has 0 aromatic heterocycles. The predicted molar refractivity (Wildman–Crippen MR) is 75.7 cm³/mol.